The smallest absolute Gasteiger partial charge is 0.311 e. The Labute approximate surface area is 114 Å². The number of rotatable bonds is 2. The maximum atomic E-state index is 11.7. The summed E-state index contributed by atoms with van der Waals surface area (Å²) in [5.74, 6) is 0.243. The molecule has 2 fully saturated rings. The number of hydrogen-bond acceptors (Lipinski definition) is 2. The van der Waals surface area contributed by atoms with Gasteiger partial charge >= 0.3 is 5.97 Å². The number of aliphatic carboxylic acids is 1. The SMILES string of the molecule is CN1C[C@@H]2C[C@@H](c3ccccc3)CC[C@]2(C(=O)O)C1. The van der Waals surface area contributed by atoms with Gasteiger partial charge in [-0.25, -0.2) is 0 Å². The number of benzene rings is 1. The van der Waals surface area contributed by atoms with Crippen molar-refractivity contribution in [2.24, 2.45) is 11.3 Å². The number of likely N-dealkylation sites (tertiary alicyclic amines) is 1. The van der Waals surface area contributed by atoms with Gasteiger partial charge in [0, 0.05) is 13.1 Å². The highest BCUT2D eigenvalue weighted by Gasteiger charge is 2.53. The summed E-state index contributed by atoms with van der Waals surface area (Å²) in [6.07, 6.45) is 2.83. The second-order valence-electron chi connectivity index (χ2n) is 6.24. The summed E-state index contributed by atoms with van der Waals surface area (Å²) < 4.78 is 0. The highest BCUT2D eigenvalue weighted by atomic mass is 16.4. The van der Waals surface area contributed by atoms with Crippen molar-refractivity contribution in [2.45, 2.75) is 25.2 Å². The second-order valence-corrected chi connectivity index (χ2v) is 6.24. The molecule has 1 heterocycles. The molecule has 0 bridgehead atoms. The molecule has 0 amide bonds. The molecule has 3 heteroatoms. The lowest BCUT2D eigenvalue weighted by atomic mass is 9.64. The van der Waals surface area contributed by atoms with Crippen LogP contribution in [-0.4, -0.2) is 36.1 Å². The molecule has 0 radical (unpaired) electrons. The van der Waals surface area contributed by atoms with Crippen LogP contribution in [0.4, 0.5) is 0 Å². The highest BCUT2D eigenvalue weighted by molar-refractivity contribution is 5.76. The highest BCUT2D eigenvalue weighted by Crippen LogP contribution is 2.50. The standard InChI is InChI=1S/C16H21NO2/c1-17-10-14-9-13(12-5-3-2-4-6-12)7-8-16(14,11-17)15(18)19/h2-6,13-14H,7-11H2,1H3,(H,18,19)/t13-,14-,16-/m0/s1. The van der Waals surface area contributed by atoms with Crippen LogP contribution in [0.5, 0.6) is 0 Å². The van der Waals surface area contributed by atoms with E-state index in [0.29, 0.717) is 18.4 Å². The van der Waals surface area contributed by atoms with Crippen LogP contribution in [-0.2, 0) is 4.79 Å². The maximum absolute atomic E-state index is 11.7. The summed E-state index contributed by atoms with van der Waals surface area (Å²) in [7, 11) is 2.04. The molecule has 3 nitrogen and oxygen atoms in total. The number of carboxylic acid groups (broad SMARTS) is 1. The summed E-state index contributed by atoms with van der Waals surface area (Å²) in [5.41, 5.74) is 0.885. The van der Waals surface area contributed by atoms with Gasteiger partial charge in [-0.15, -0.1) is 0 Å². The summed E-state index contributed by atoms with van der Waals surface area (Å²) in [6, 6.07) is 10.6. The van der Waals surface area contributed by atoms with Gasteiger partial charge in [0.15, 0.2) is 0 Å². The minimum absolute atomic E-state index is 0.300. The van der Waals surface area contributed by atoms with Crippen LogP contribution in [0.1, 0.15) is 30.7 Å². The van der Waals surface area contributed by atoms with Crippen LogP contribution in [0.2, 0.25) is 0 Å². The molecule has 1 saturated carbocycles. The van der Waals surface area contributed by atoms with E-state index in [1.807, 2.05) is 13.1 Å². The molecule has 0 aromatic heterocycles. The molecular formula is C16H21NO2. The summed E-state index contributed by atoms with van der Waals surface area (Å²) in [5, 5.41) is 9.65. The monoisotopic (exact) mass is 259 g/mol. The fraction of sp³-hybridized carbons (Fsp3) is 0.562. The Hall–Kier alpha value is -1.35. The molecule has 0 spiro atoms. The van der Waals surface area contributed by atoms with Gasteiger partial charge in [0.25, 0.3) is 0 Å². The van der Waals surface area contributed by atoms with Crippen molar-refractivity contribution in [3.63, 3.8) is 0 Å². The van der Waals surface area contributed by atoms with Gasteiger partial charge in [0.1, 0.15) is 0 Å². The molecular weight excluding hydrogens is 238 g/mol. The van der Waals surface area contributed by atoms with Gasteiger partial charge in [-0.3, -0.25) is 4.79 Å². The maximum Gasteiger partial charge on any atom is 0.311 e. The zero-order chi connectivity index (χ0) is 13.5. The Morgan fingerprint density at radius 2 is 2.11 bits per heavy atom. The van der Waals surface area contributed by atoms with Crippen molar-refractivity contribution in [1.82, 2.24) is 4.90 Å². The molecule has 2 aliphatic rings. The van der Waals surface area contributed by atoms with Gasteiger partial charge in [0.05, 0.1) is 5.41 Å². The van der Waals surface area contributed by atoms with Crippen LogP contribution in [0.15, 0.2) is 30.3 Å². The summed E-state index contributed by atoms with van der Waals surface area (Å²) in [4.78, 5) is 13.9. The van der Waals surface area contributed by atoms with E-state index in [-0.39, 0.29) is 0 Å². The number of hydrogen-bond donors (Lipinski definition) is 1. The van der Waals surface area contributed by atoms with Gasteiger partial charge in [-0.05, 0) is 43.7 Å². The lowest BCUT2D eigenvalue weighted by molar-refractivity contribution is -0.152. The van der Waals surface area contributed by atoms with E-state index in [1.165, 1.54) is 5.56 Å². The number of nitrogens with zero attached hydrogens (tertiary/aromatic N) is 1. The van der Waals surface area contributed by atoms with E-state index in [1.54, 1.807) is 0 Å². The molecule has 1 N–H and O–H groups in total. The summed E-state index contributed by atoms with van der Waals surface area (Å²) in [6.45, 7) is 1.64. The molecule has 3 atom stereocenters. The predicted molar refractivity (Wildman–Crippen MR) is 74.1 cm³/mol. The quantitative estimate of drug-likeness (QED) is 0.887. The van der Waals surface area contributed by atoms with Crippen molar-refractivity contribution in [2.75, 3.05) is 20.1 Å². The first kappa shape index (κ1) is 12.7. The number of fused-ring (bicyclic) bond motifs is 1. The number of carboxylic acids is 1. The van der Waals surface area contributed by atoms with E-state index in [4.69, 9.17) is 0 Å². The van der Waals surface area contributed by atoms with Crippen molar-refractivity contribution in [3.05, 3.63) is 35.9 Å². The topological polar surface area (TPSA) is 40.5 Å². The predicted octanol–water partition coefficient (Wildman–Crippen LogP) is 2.59. The first-order valence-electron chi connectivity index (χ1n) is 7.09. The second kappa shape index (κ2) is 4.64. The van der Waals surface area contributed by atoms with E-state index in [9.17, 15) is 9.90 Å². The fourth-order valence-corrected chi connectivity index (χ4v) is 4.08. The zero-order valence-electron chi connectivity index (χ0n) is 11.4. The number of carbonyl (C=O) groups is 1. The Morgan fingerprint density at radius 3 is 2.79 bits per heavy atom. The first-order valence-corrected chi connectivity index (χ1v) is 7.09. The fourth-order valence-electron chi connectivity index (χ4n) is 4.08. The molecule has 0 unspecified atom stereocenters. The van der Waals surface area contributed by atoms with Gasteiger partial charge in [-0.2, -0.15) is 0 Å². The minimum Gasteiger partial charge on any atom is -0.481 e. The van der Waals surface area contributed by atoms with E-state index < -0.39 is 11.4 Å². The first-order chi connectivity index (χ1) is 9.12. The lowest BCUT2D eigenvalue weighted by Gasteiger charge is -2.38. The Bertz CT molecular complexity index is 473. The van der Waals surface area contributed by atoms with Crippen LogP contribution in [0.25, 0.3) is 0 Å². The lowest BCUT2D eigenvalue weighted by Crippen LogP contribution is -2.42. The van der Waals surface area contributed by atoms with Crippen molar-refractivity contribution < 1.29 is 9.90 Å². The molecule has 19 heavy (non-hydrogen) atoms. The van der Waals surface area contributed by atoms with Gasteiger partial charge < -0.3 is 10.0 Å². The Balaban J connectivity index is 1.83. The van der Waals surface area contributed by atoms with Gasteiger partial charge in [0.2, 0.25) is 0 Å². The molecule has 102 valence electrons. The van der Waals surface area contributed by atoms with Crippen LogP contribution < -0.4 is 0 Å². The minimum atomic E-state index is -0.589. The van der Waals surface area contributed by atoms with Crippen LogP contribution >= 0.6 is 0 Å². The Morgan fingerprint density at radius 1 is 1.37 bits per heavy atom. The van der Waals surface area contributed by atoms with E-state index in [0.717, 1.165) is 25.8 Å². The van der Waals surface area contributed by atoms with Crippen LogP contribution in [0, 0.1) is 11.3 Å². The average molecular weight is 259 g/mol. The molecule has 1 aliphatic carbocycles. The van der Waals surface area contributed by atoms with Crippen molar-refractivity contribution in [1.29, 1.82) is 0 Å². The third-order valence-electron chi connectivity index (χ3n) is 5.07. The van der Waals surface area contributed by atoms with Crippen molar-refractivity contribution in [3.8, 4) is 0 Å². The molecule has 1 aromatic carbocycles. The molecule has 3 rings (SSSR count). The zero-order valence-corrected chi connectivity index (χ0v) is 11.4. The van der Waals surface area contributed by atoms with E-state index in [2.05, 4.69) is 29.2 Å². The van der Waals surface area contributed by atoms with Gasteiger partial charge in [-0.1, -0.05) is 30.3 Å². The molecule has 1 aliphatic heterocycles. The Kier molecular flexibility index (Phi) is 3.09. The largest absolute Gasteiger partial charge is 0.481 e. The third kappa shape index (κ3) is 2.06. The summed E-state index contributed by atoms with van der Waals surface area (Å²) >= 11 is 0. The molecule has 1 aromatic rings. The van der Waals surface area contributed by atoms with Crippen molar-refractivity contribution >= 4 is 5.97 Å². The normalized spacial score (nSPS) is 35.0. The average Bonchev–Trinajstić information content (AvgIpc) is 2.76. The van der Waals surface area contributed by atoms with Crippen LogP contribution in [0.3, 0.4) is 0 Å². The molecule has 1 saturated heterocycles. The third-order valence-corrected chi connectivity index (χ3v) is 5.07. The van der Waals surface area contributed by atoms with E-state index >= 15 is 0 Å².